The molecule has 2 heterocycles. The van der Waals surface area contributed by atoms with Gasteiger partial charge in [0.05, 0.1) is 16.3 Å². The molecule has 0 saturated carbocycles. The number of fused-ring (bicyclic) bond motifs is 1. The van der Waals surface area contributed by atoms with Crippen LogP contribution in [-0.4, -0.2) is 27.4 Å². The smallest absolute Gasteiger partial charge is 0.270 e. The van der Waals surface area contributed by atoms with Crippen LogP contribution >= 0.6 is 0 Å². The average molecular weight is 442 g/mol. The topological polar surface area (TPSA) is 109 Å². The standard InChI is InChI=1S/C24H18N4O5/c29-24(25-14-16-6-11-22-23(12-16)33-15-32-22)21-13-20(17-4-2-1-3-5-17)26-27(21)18-7-9-19(10-8-18)28(30)31/h1-13H,14-15H2,(H,25,29). The van der Waals surface area contributed by atoms with Crippen molar-refractivity contribution in [3.8, 4) is 28.4 Å². The van der Waals surface area contributed by atoms with E-state index in [1.807, 2.05) is 42.5 Å². The second-order valence-electron chi connectivity index (χ2n) is 7.34. The number of nitro groups is 1. The molecule has 0 bridgehead atoms. The highest BCUT2D eigenvalue weighted by molar-refractivity contribution is 5.94. The molecule has 9 heteroatoms. The van der Waals surface area contributed by atoms with Gasteiger partial charge in [0.15, 0.2) is 11.5 Å². The zero-order chi connectivity index (χ0) is 22.8. The van der Waals surface area contributed by atoms with Gasteiger partial charge in [0.25, 0.3) is 11.6 Å². The lowest BCUT2D eigenvalue weighted by atomic mass is 10.1. The summed E-state index contributed by atoms with van der Waals surface area (Å²) in [7, 11) is 0. The molecule has 9 nitrogen and oxygen atoms in total. The number of nitrogens with zero attached hydrogens (tertiary/aromatic N) is 3. The molecule has 1 amide bonds. The van der Waals surface area contributed by atoms with Crippen LogP contribution in [0.25, 0.3) is 16.9 Å². The summed E-state index contributed by atoms with van der Waals surface area (Å²) in [5.74, 6) is 0.985. The number of carbonyl (C=O) groups excluding carboxylic acids is 1. The van der Waals surface area contributed by atoms with E-state index in [-0.39, 0.29) is 24.9 Å². The number of ether oxygens (including phenoxy) is 2. The Kier molecular flexibility index (Phi) is 5.19. The number of carbonyl (C=O) groups is 1. The van der Waals surface area contributed by atoms with Crippen molar-refractivity contribution >= 4 is 11.6 Å². The molecule has 4 aromatic rings. The van der Waals surface area contributed by atoms with Crippen molar-refractivity contribution < 1.29 is 19.2 Å². The van der Waals surface area contributed by atoms with Crippen molar-refractivity contribution in [3.63, 3.8) is 0 Å². The molecule has 1 aliphatic rings. The second kappa shape index (κ2) is 8.46. The average Bonchev–Trinajstić information content (AvgIpc) is 3.50. The van der Waals surface area contributed by atoms with E-state index in [9.17, 15) is 14.9 Å². The summed E-state index contributed by atoms with van der Waals surface area (Å²) in [5, 5.41) is 18.5. The molecular formula is C24H18N4O5. The Morgan fingerprint density at radius 2 is 1.76 bits per heavy atom. The number of rotatable bonds is 6. The van der Waals surface area contributed by atoms with Crippen LogP contribution in [0.3, 0.4) is 0 Å². The first-order chi connectivity index (χ1) is 16.1. The number of hydrogen-bond donors (Lipinski definition) is 1. The molecule has 0 aliphatic carbocycles. The van der Waals surface area contributed by atoms with Gasteiger partial charge in [-0.2, -0.15) is 5.10 Å². The van der Waals surface area contributed by atoms with Gasteiger partial charge in [-0.3, -0.25) is 14.9 Å². The van der Waals surface area contributed by atoms with Crippen molar-refractivity contribution in [1.82, 2.24) is 15.1 Å². The fourth-order valence-electron chi connectivity index (χ4n) is 3.53. The number of hydrogen-bond acceptors (Lipinski definition) is 6. The molecule has 1 aromatic heterocycles. The molecule has 164 valence electrons. The Bertz CT molecular complexity index is 1330. The van der Waals surface area contributed by atoms with E-state index >= 15 is 0 Å². The molecule has 0 atom stereocenters. The number of non-ortho nitro benzene ring substituents is 1. The SMILES string of the molecule is O=C(NCc1ccc2c(c1)OCO2)c1cc(-c2ccccc2)nn1-c1ccc([N+](=O)[O-])cc1. The molecule has 33 heavy (non-hydrogen) atoms. The number of nitrogens with one attached hydrogen (secondary N) is 1. The van der Waals surface area contributed by atoms with Crippen molar-refractivity contribution in [3.05, 3.63) is 100 Å². The fraction of sp³-hybridized carbons (Fsp3) is 0.0833. The Hall–Kier alpha value is -4.66. The number of benzene rings is 3. The highest BCUT2D eigenvalue weighted by atomic mass is 16.7. The molecule has 0 fully saturated rings. The normalized spacial score (nSPS) is 11.9. The summed E-state index contributed by atoms with van der Waals surface area (Å²) in [6.45, 7) is 0.462. The monoisotopic (exact) mass is 442 g/mol. The first-order valence-corrected chi connectivity index (χ1v) is 10.2. The van der Waals surface area contributed by atoms with Crippen LogP contribution in [0.2, 0.25) is 0 Å². The summed E-state index contributed by atoms with van der Waals surface area (Å²) >= 11 is 0. The molecule has 0 radical (unpaired) electrons. The van der Waals surface area contributed by atoms with Gasteiger partial charge in [-0.05, 0) is 35.9 Å². The van der Waals surface area contributed by atoms with Gasteiger partial charge < -0.3 is 14.8 Å². The molecule has 0 spiro atoms. The Morgan fingerprint density at radius 3 is 2.52 bits per heavy atom. The third-order valence-corrected chi connectivity index (χ3v) is 5.21. The van der Waals surface area contributed by atoms with Gasteiger partial charge in [-0.15, -0.1) is 0 Å². The fourth-order valence-corrected chi connectivity index (χ4v) is 3.53. The number of aromatic nitrogens is 2. The largest absolute Gasteiger partial charge is 0.454 e. The molecule has 1 aliphatic heterocycles. The van der Waals surface area contributed by atoms with Crippen LogP contribution < -0.4 is 14.8 Å². The van der Waals surface area contributed by atoms with Crippen molar-refractivity contribution in [2.24, 2.45) is 0 Å². The first-order valence-electron chi connectivity index (χ1n) is 10.2. The highest BCUT2D eigenvalue weighted by Gasteiger charge is 2.19. The number of nitro benzene ring substituents is 1. The second-order valence-corrected chi connectivity index (χ2v) is 7.34. The molecule has 3 aromatic carbocycles. The van der Waals surface area contributed by atoms with E-state index in [1.54, 1.807) is 24.3 Å². The first kappa shape index (κ1) is 20.3. The third kappa shape index (κ3) is 4.11. The van der Waals surface area contributed by atoms with Crippen LogP contribution in [-0.2, 0) is 6.54 Å². The summed E-state index contributed by atoms with van der Waals surface area (Å²) in [5.41, 5.74) is 3.13. The summed E-state index contributed by atoms with van der Waals surface area (Å²) in [4.78, 5) is 23.7. The zero-order valence-corrected chi connectivity index (χ0v) is 17.3. The minimum atomic E-state index is -0.471. The van der Waals surface area contributed by atoms with Gasteiger partial charge in [-0.1, -0.05) is 36.4 Å². The Morgan fingerprint density at radius 1 is 1.00 bits per heavy atom. The van der Waals surface area contributed by atoms with Crippen LogP contribution in [0.1, 0.15) is 16.1 Å². The summed E-state index contributed by atoms with van der Waals surface area (Å²) in [6, 6.07) is 22.6. The van der Waals surface area contributed by atoms with Crippen LogP contribution in [0, 0.1) is 10.1 Å². The minimum Gasteiger partial charge on any atom is -0.454 e. The quantitative estimate of drug-likeness (QED) is 0.356. The zero-order valence-electron chi connectivity index (χ0n) is 17.3. The molecule has 0 unspecified atom stereocenters. The van der Waals surface area contributed by atoms with E-state index in [0.29, 0.717) is 28.6 Å². The van der Waals surface area contributed by atoms with Crippen molar-refractivity contribution in [1.29, 1.82) is 0 Å². The predicted octanol–water partition coefficient (Wildman–Crippen LogP) is 4.11. The van der Waals surface area contributed by atoms with E-state index in [0.717, 1.165) is 11.1 Å². The lowest BCUT2D eigenvalue weighted by molar-refractivity contribution is -0.384. The Balaban J connectivity index is 1.45. The molecule has 5 rings (SSSR count). The maximum Gasteiger partial charge on any atom is 0.270 e. The van der Waals surface area contributed by atoms with Crippen molar-refractivity contribution in [2.45, 2.75) is 6.54 Å². The molecule has 1 N–H and O–H groups in total. The summed E-state index contributed by atoms with van der Waals surface area (Å²) < 4.78 is 12.2. The highest BCUT2D eigenvalue weighted by Crippen LogP contribution is 2.32. The van der Waals surface area contributed by atoms with Crippen LogP contribution in [0.4, 0.5) is 5.69 Å². The lowest BCUT2D eigenvalue weighted by Gasteiger charge is -2.09. The van der Waals surface area contributed by atoms with E-state index in [2.05, 4.69) is 10.4 Å². The molecular weight excluding hydrogens is 424 g/mol. The summed E-state index contributed by atoms with van der Waals surface area (Å²) in [6.07, 6.45) is 0. The van der Waals surface area contributed by atoms with E-state index in [4.69, 9.17) is 9.47 Å². The maximum absolute atomic E-state index is 13.1. The van der Waals surface area contributed by atoms with Gasteiger partial charge in [-0.25, -0.2) is 4.68 Å². The van der Waals surface area contributed by atoms with Crippen LogP contribution in [0.15, 0.2) is 78.9 Å². The minimum absolute atomic E-state index is 0.0389. The Labute approximate surface area is 188 Å². The van der Waals surface area contributed by atoms with Gasteiger partial charge in [0, 0.05) is 24.2 Å². The maximum atomic E-state index is 13.1. The van der Waals surface area contributed by atoms with Crippen LogP contribution in [0.5, 0.6) is 11.5 Å². The predicted molar refractivity (Wildman–Crippen MR) is 119 cm³/mol. The van der Waals surface area contributed by atoms with Gasteiger partial charge >= 0.3 is 0 Å². The van der Waals surface area contributed by atoms with Gasteiger partial charge in [0.1, 0.15) is 5.69 Å². The third-order valence-electron chi connectivity index (χ3n) is 5.21. The van der Waals surface area contributed by atoms with E-state index in [1.165, 1.54) is 16.8 Å². The molecule has 0 saturated heterocycles. The number of amides is 1. The van der Waals surface area contributed by atoms with Gasteiger partial charge in [0.2, 0.25) is 6.79 Å². The van der Waals surface area contributed by atoms with E-state index < -0.39 is 4.92 Å². The lowest BCUT2D eigenvalue weighted by Crippen LogP contribution is -2.25. The van der Waals surface area contributed by atoms with Crippen molar-refractivity contribution in [2.75, 3.05) is 6.79 Å².